The lowest BCUT2D eigenvalue weighted by atomic mass is 10.1. The molecule has 1 aromatic rings. The normalized spacial score (nSPS) is 14.3. The first-order valence-corrected chi connectivity index (χ1v) is 6.28. The third kappa shape index (κ3) is 5.37. The van der Waals surface area contributed by atoms with E-state index in [0.29, 0.717) is 6.04 Å². The summed E-state index contributed by atoms with van der Waals surface area (Å²) in [5, 5.41) is 3.52. The van der Waals surface area contributed by atoms with Crippen LogP contribution in [0.5, 0.6) is 0 Å². The summed E-state index contributed by atoms with van der Waals surface area (Å²) in [4.78, 5) is 2.30. The summed E-state index contributed by atoms with van der Waals surface area (Å²) in [5.41, 5.74) is 0.177. The lowest BCUT2D eigenvalue weighted by Crippen LogP contribution is -2.44. The van der Waals surface area contributed by atoms with E-state index in [1.165, 1.54) is 0 Å². The molecule has 0 spiro atoms. The van der Waals surface area contributed by atoms with Gasteiger partial charge in [0.15, 0.2) is 0 Å². The van der Waals surface area contributed by atoms with E-state index in [-0.39, 0.29) is 5.54 Å². The number of nitrogens with zero attached hydrogens (tertiary/aromatic N) is 1. The maximum absolute atomic E-state index is 5.59. The van der Waals surface area contributed by atoms with Crippen molar-refractivity contribution < 1.29 is 4.42 Å². The van der Waals surface area contributed by atoms with Crippen molar-refractivity contribution in [3.8, 4) is 0 Å². The van der Waals surface area contributed by atoms with Crippen LogP contribution in [0.2, 0.25) is 0 Å². The molecule has 0 aliphatic rings. The Hall–Kier alpha value is -0.800. The number of likely N-dealkylation sites (N-methyl/N-ethyl adjacent to an activating group) is 1. The van der Waals surface area contributed by atoms with E-state index in [1.807, 2.05) is 13.0 Å². The molecule has 0 bridgehead atoms. The molecular formula is C14H26N2O. The Balaban J connectivity index is 2.39. The zero-order chi connectivity index (χ0) is 13.1. The Labute approximate surface area is 105 Å². The fourth-order valence-electron chi connectivity index (χ4n) is 1.58. The van der Waals surface area contributed by atoms with Crippen LogP contribution < -0.4 is 5.32 Å². The minimum Gasteiger partial charge on any atom is -0.465 e. The molecule has 0 saturated heterocycles. The number of hydrogen-bond acceptors (Lipinski definition) is 3. The van der Waals surface area contributed by atoms with E-state index in [1.54, 1.807) is 0 Å². The lowest BCUT2D eigenvalue weighted by Gasteiger charge is -2.28. The van der Waals surface area contributed by atoms with Gasteiger partial charge < -0.3 is 9.73 Å². The third-order valence-electron chi connectivity index (χ3n) is 2.88. The molecule has 0 aliphatic carbocycles. The molecule has 98 valence electrons. The summed E-state index contributed by atoms with van der Waals surface area (Å²) >= 11 is 0. The lowest BCUT2D eigenvalue weighted by molar-refractivity contribution is 0.212. The minimum atomic E-state index is 0.177. The molecule has 0 aliphatic heterocycles. The Kier molecular flexibility index (Phi) is 4.78. The molecule has 0 fully saturated rings. The van der Waals surface area contributed by atoms with Gasteiger partial charge in [-0.3, -0.25) is 4.90 Å². The maximum Gasteiger partial charge on any atom is 0.118 e. The van der Waals surface area contributed by atoms with Crippen molar-refractivity contribution in [2.75, 3.05) is 13.6 Å². The summed E-state index contributed by atoms with van der Waals surface area (Å²) in [6.45, 7) is 12.6. The Morgan fingerprint density at radius 1 is 1.35 bits per heavy atom. The van der Waals surface area contributed by atoms with Gasteiger partial charge in [-0.15, -0.1) is 0 Å². The van der Waals surface area contributed by atoms with E-state index < -0.39 is 0 Å². The zero-order valence-corrected chi connectivity index (χ0v) is 12.0. The van der Waals surface area contributed by atoms with Gasteiger partial charge in [0.25, 0.3) is 0 Å². The molecule has 1 aromatic heterocycles. The molecule has 0 aromatic carbocycles. The average Bonchev–Trinajstić information content (AvgIpc) is 2.59. The molecule has 0 saturated carbocycles. The topological polar surface area (TPSA) is 28.4 Å². The predicted octanol–water partition coefficient (Wildman–Crippen LogP) is 2.80. The van der Waals surface area contributed by atoms with Crippen molar-refractivity contribution in [1.29, 1.82) is 0 Å². The van der Waals surface area contributed by atoms with Crippen LogP contribution in [0.15, 0.2) is 16.5 Å². The molecule has 0 radical (unpaired) electrons. The summed E-state index contributed by atoms with van der Waals surface area (Å²) < 4.78 is 5.59. The van der Waals surface area contributed by atoms with Crippen LogP contribution in [0.4, 0.5) is 0 Å². The Bertz CT molecular complexity index is 338. The summed E-state index contributed by atoms with van der Waals surface area (Å²) in [6.07, 6.45) is 0. The second-order valence-electron chi connectivity index (χ2n) is 5.91. The van der Waals surface area contributed by atoms with Crippen molar-refractivity contribution >= 4 is 0 Å². The van der Waals surface area contributed by atoms with Crippen LogP contribution in [0.3, 0.4) is 0 Å². The highest BCUT2D eigenvalue weighted by Crippen LogP contribution is 2.10. The maximum atomic E-state index is 5.59. The summed E-state index contributed by atoms with van der Waals surface area (Å²) in [6, 6.07) is 4.55. The standard InChI is InChI=1S/C14H26N2O/c1-11(9-15-14(3,4)5)16(6)10-13-8-7-12(2)17-13/h7-8,11,15H,9-10H2,1-6H3. The van der Waals surface area contributed by atoms with Crippen LogP contribution >= 0.6 is 0 Å². The van der Waals surface area contributed by atoms with Gasteiger partial charge in [-0.05, 0) is 53.8 Å². The van der Waals surface area contributed by atoms with E-state index in [0.717, 1.165) is 24.6 Å². The molecule has 1 heterocycles. The van der Waals surface area contributed by atoms with E-state index in [4.69, 9.17) is 4.42 Å². The van der Waals surface area contributed by atoms with Crippen molar-refractivity contribution in [3.05, 3.63) is 23.7 Å². The van der Waals surface area contributed by atoms with Gasteiger partial charge in [0.1, 0.15) is 11.5 Å². The largest absolute Gasteiger partial charge is 0.465 e. The van der Waals surface area contributed by atoms with Crippen LogP contribution in [0.25, 0.3) is 0 Å². The molecule has 3 nitrogen and oxygen atoms in total. The van der Waals surface area contributed by atoms with E-state index >= 15 is 0 Å². The van der Waals surface area contributed by atoms with Gasteiger partial charge in [0.05, 0.1) is 6.54 Å². The number of hydrogen-bond donors (Lipinski definition) is 1. The first-order chi connectivity index (χ1) is 7.78. The Morgan fingerprint density at radius 3 is 2.47 bits per heavy atom. The highest BCUT2D eigenvalue weighted by Gasteiger charge is 2.15. The molecule has 1 atom stereocenters. The van der Waals surface area contributed by atoms with Gasteiger partial charge in [-0.25, -0.2) is 0 Å². The SMILES string of the molecule is Cc1ccc(CN(C)C(C)CNC(C)(C)C)o1. The highest BCUT2D eigenvalue weighted by atomic mass is 16.3. The smallest absolute Gasteiger partial charge is 0.118 e. The molecule has 17 heavy (non-hydrogen) atoms. The van der Waals surface area contributed by atoms with Crippen LogP contribution in [-0.2, 0) is 6.54 Å². The average molecular weight is 238 g/mol. The first-order valence-electron chi connectivity index (χ1n) is 6.28. The second-order valence-corrected chi connectivity index (χ2v) is 5.91. The first kappa shape index (κ1) is 14.3. The van der Waals surface area contributed by atoms with Crippen molar-refractivity contribution in [2.45, 2.75) is 52.7 Å². The van der Waals surface area contributed by atoms with E-state index in [2.05, 4.69) is 51.0 Å². The van der Waals surface area contributed by atoms with Crippen molar-refractivity contribution in [1.82, 2.24) is 10.2 Å². The molecule has 1 unspecified atom stereocenters. The minimum absolute atomic E-state index is 0.177. The predicted molar refractivity (Wildman–Crippen MR) is 72.1 cm³/mol. The van der Waals surface area contributed by atoms with E-state index in [9.17, 15) is 0 Å². The third-order valence-corrected chi connectivity index (χ3v) is 2.88. The van der Waals surface area contributed by atoms with Crippen LogP contribution in [-0.4, -0.2) is 30.1 Å². The number of rotatable bonds is 5. The summed E-state index contributed by atoms with van der Waals surface area (Å²) in [5.74, 6) is 2.02. The molecule has 1 rings (SSSR count). The van der Waals surface area contributed by atoms with Gasteiger partial charge >= 0.3 is 0 Å². The molecular weight excluding hydrogens is 212 g/mol. The van der Waals surface area contributed by atoms with Crippen LogP contribution in [0, 0.1) is 6.92 Å². The van der Waals surface area contributed by atoms with Gasteiger partial charge in [0.2, 0.25) is 0 Å². The molecule has 3 heteroatoms. The summed E-state index contributed by atoms with van der Waals surface area (Å²) in [7, 11) is 2.13. The fourth-order valence-corrected chi connectivity index (χ4v) is 1.58. The second kappa shape index (κ2) is 5.69. The number of furan rings is 1. The van der Waals surface area contributed by atoms with Crippen molar-refractivity contribution in [3.63, 3.8) is 0 Å². The molecule has 0 amide bonds. The van der Waals surface area contributed by atoms with Gasteiger partial charge in [0, 0.05) is 18.1 Å². The highest BCUT2D eigenvalue weighted by molar-refractivity contribution is 5.05. The fraction of sp³-hybridized carbons (Fsp3) is 0.714. The van der Waals surface area contributed by atoms with Gasteiger partial charge in [-0.1, -0.05) is 0 Å². The van der Waals surface area contributed by atoms with Crippen LogP contribution in [0.1, 0.15) is 39.2 Å². The zero-order valence-electron chi connectivity index (χ0n) is 12.0. The number of nitrogens with one attached hydrogen (secondary N) is 1. The van der Waals surface area contributed by atoms with Gasteiger partial charge in [-0.2, -0.15) is 0 Å². The van der Waals surface area contributed by atoms with Crippen molar-refractivity contribution in [2.24, 2.45) is 0 Å². The monoisotopic (exact) mass is 238 g/mol. The molecule has 1 N–H and O–H groups in total. The Morgan fingerprint density at radius 2 is 2.00 bits per heavy atom. The quantitative estimate of drug-likeness (QED) is 0.855. The number of aryl methyl sites for hydroxylation is 1.